The molecule has 4 nitrogen and oxygen atoms in total. The van der Waals surface area contributed by atoms with E-state index in [9.17, 15) is 4.79 Å². The maximum atomic E-state index is 11.4. The Labute approximate surface area is 79.5 Å². The Hall–Kier alpha value is -0.610. The Bertz CT molecular complexity index is 156. The fourth-order valence-corrected chi connectivity index (χ4v) is 0.848. The molecule has 0 aliphatic rings. The van der Waals surface area contributed by atoms with Gasteiger partial charge < -0.3 is 16.2 Å². The molecule has 78 valence electrons. The minimum atomic E-state index is -0.208. The second-order valence-corrected chi connectivity index (χ2v) is 3.44. The summed E-state index contributed by atoms with van der Waals surface area (Å²) in [6.45, 7) is 5.47. The lowest BCUT2D eigenvalue weighted by Crippen LogP contribution is -2.44. The smallest absolute Gasteiger partial charge is 0.224 e. The van der Waals surface area contributed by atoms with Crippen molar-refractivity contribution in [3.05, 3.63) is 0 Å². The summed E-state index contributed by atoms with van der Waals surface area (Å²) in [6, 6.07) is -0.301. The van der Waals surface area contributed by atoms with Crippen LogP contribution in [0.15, 0.2) is 0 Å². The van der Waals surface area contributed by atoms with Gasteiger partial charge in [0.05, 0.1) is 12.6 Å². The van der Waals surface area contributed by atoms with Crippen LogP contribution in [0, 0.1) is 5.92 Å². The molecule has 0 aromatic rings. The maximum Gasteiger partial charge on any atom is 0.224 e. The molecule has 2 unspecified atom stereocenters. The number of nitrogens with one attached hydrogen (secondary N) is 1. The molecule has 4 heteroatoms. The van der Waals surface area contributed by atoms with Gasteiger partial charge in [-0.25, -0.2) is 0 Å². The second-order valence-electron chi connectivity index (χ2n) is 3.44. The first-order valence-corrected chi connectivity index (χ1v) is 4.69. The van der Waals surface area contributed by atoms with Crippen LogP contribution >= 0.6 is 0 Å². The van der Waals surface area contributed by atoms with Crippen molar-refractivity contribution in [2.45, 2.75) is 39.3 Å². The summed E-state index contributed by atoms with van der Waals surface area (Å²) in [6.07, 6.45) is 0.730. The molecular weight excluding hydrogens is 168 g/mol. The number of hydrogen-bond acceptors (Lipinski definition) is 3. The lowest BCUT2D eigenvalue weighted by Gasteiger charge is -2.19. The SMILES string of the molecule is CC[C@@H](CO)NC(=O)C(C)C(C)N. The van der Waals surface area contributed by atoms with Crippen LogP contribution in [0.1, 0.15) is 27.2 Å². The van der Waals surface area contributed by atoms with Gasteiger partial charge >= 0.3 is 0 Å². The summed E-state index contributed by atoms with van der Waals surface area (Å²) in [5.41, 5.74) is 5.57. The number of nitrogens with two attached hydrogens (primary N) is 1. The molecule has 0 aliphatic heterocycles. The highest BCUT2D eigenvalue weighted by Crippen LogP contribution is 2.01. The average Bonchev–Trinajstić information content (AvgIpc) is 2.12. The van der Waals surface area contributed by atoms with Crippen LogP contribution in [0.25, 0.3) is 0 Å². The molecule has 0 aromatic carbocycles. The van der Waals surface area contributed by atoms with E-state index in [4.69, 9.17) is 10.8 Å². The zero-order chi connectivity index (χ0) is 10.4. The van der Waals surface area contributed by atoms with Crippen molar-refractivity contribution in [3.8, 4) is 0 Å². The molecule has 0 bridgehead atoms. The highest BCUT2D eigenvalue weighted by atomic mass is 16.3. The summed E-state index contributed by atoms with van der Waals surface area (Å²) < 4.78 is 0. The highest BCUT2D eigenvalue weighted by molar-refractivity contribution is 5.79. The molecule has 0 rings (SSSR count). The summed E-state index contributed by atoms with van der Waals surface area (Å²) >= 11 is 0. The highest BCUT2D eigenvalue weighted by Gasteiger charge is 2.18. The van der Waals surface area contributed by atoms with Crippen molar-refractivity contribution in [2.75, 3.05) is 6.61 Å². The summed E-state index contributed by atoms with van der Waals surface area (Å²) in [4.78, 5) is 11.4. The Kier molecular flexibility index (Phi) is 5.66. The zero-order valence-corrected chi connectivity index (χ0v) is 8.58. The molecule has 0 aliphatic carbocycles. The van der Waals surface area contributed by atoms with E-state index in [0.717, 1.165) is 6.42 Å². The first-order valence-electron chi connectivity index (χ1n) is 4.69. The van der Waals surface area contributed by atoms with E-state index in [0.29, 0.717) is 0 Å². The van der Waals surface area contributed by atoms with Gasteiger partial charge in [-0.1, -0.05) is 13.8 Å². The van der Waals surface area contributed by atoms with Crippen molar-refractivity contribution < 1.29 is 9.90 Å². The van der Waals surface area contributed by atoms with E-state index in [1.165, 1.54) is 0 Å². The predicted molar refractivity (Wildman–Crippen MR) is 52.1 cm³/mol. The lowest BCUT2D eigenvalue weighted by atomic mass is 10.0. The molecule has 0 heterocycles. The molecular formula is C9H20N2O2. The van der Waals surface area contributed by atoms with Crippen molar-refractivity contribution in [2.24, 2.45) is 11.7 Å². The number of rotatable bonds is 5. The monoisotopic (exact) mass is 188 g/mol. The van der Waals surface area contributed by atoms with Crippen molar-refractivity contribution in [3.63, 3.8) is 0 Å². The van der Waals surface area contributed by atoms with Gasteiger partial charge in [0.2, 0.25) is 5.91 Å². The van der Waals surface area contributed by atoms with Crippen LogP contribution in [0.3, 0.4) is 0 Å². The number of carbonyl (C=O) groups is 1. The number of aliphatic hydroxyl groups excluding tert-OH is 1. The van der Waals surface area contributed by atoms with Crippen molar-refractivity contribution in [1.82, 2.24) is 5.32 Å². The quantitative estimate of drug-likeness (QED) is 0.562. The number of aliphatic hydroxyl groups is 1. The van der Waals surface area contributed by atoms with Gasteiger partial charge in [0.15, 0.2) is 0 Å². The normalized spacial score (nSPS) is 17.6. The zero-order valence-electron chi connectivity index (χ0n) is 8.58. The predicted octanol–water partition coefficient (Wildman–Crippen LogP) is -0.143. The standard InChI is InChI=1S/C9H20N2O2/c1-4-8(5-12)11-9(13)6(2)7(3)10/h6-8,12H,4-5,10H2,1-3H3,(H,11,13)/t6?,7?,8-/m0/s1. The van der Waals surface area contributed by atoms with Gasteiger partial charge in [0.1, 0.15) is 0 Å². The third-order valence-electron chi connectivity index (χ3n) is 2.26. The van der Waals surface area contributed by atoms with Crippen LogP contribution in [0.4, 0.5) is 0 Å². The average molecular weight is 188 g/mol. The van der Waals surface area contributed by atoms with E-state index in [1.54, 1.807) is 13.8 Å². The molecule has 0 radical (unpaired) electrons. The minimum Gasteiger partial charge on any atom is -0.394 e. The number of hydrogen-bond donors (Lipinski definition) is 3. The molecule has 0 fully saturated rings. The van der Waals surface area contributed by atoms with E-state index in [-0.39, 0.29) is 30.5 Å². The van der Waals surface area contributed by atoms with E-state index < -0.39 is 0 Å². The number of carbonyl (C=O) groups excluding carboxylic acids is 1. The van der Waals surface area contributed by atoms with Crippen LogP contribution in [0.2, 0.25) is 0 Å². The van der Waals surface area contributed by atoms with Crippen LogP contribution in [-0.4, -0.2) is 29.7 Å². The third kappa shape index (κ3) is 4.24. The third-order valence-corrected chi connectivity index (χ3v) is 2.26. The van der Waals surface area contributed by atoms with Gasteiger partial charge in [0, 0.05) is 12.0 Å². The summed E-state index contributed by atoms with van der Waals surface area (Å²) in [5, 5.41) is 11.6. The molecule has 0 saturated heterocycles. The van der Waals surface area contributed by atoms with E-state index >= 15 is 0 Å². The summed E-state index contributed by atoms with van der Waals surface area (Å²) in [5.74, 6) is -0.295. The number of amides is 1. The van der Waals surface area contributed by atoms with Gasteiger partial charge in [-0.15, -0.1) is 0 Å². The maximum absolute atomic E-state index is 11.4. The first-order chi connectivity index (χ1) is 6.02. The fourth-order valence-electron chi connectivity index (χ4n) is 0.848. The van der Waals surface area contributed by atoms with Crippen LogP contribution in [0.5, 0.6) is 0 Å². The minimum absolute atomic E-state index is 0.0199. The van der Waals surface area contributed by atoms with E-state index in [2.05, 4.69) is 5.32 Å². The Morgan fingerprint density at radius 2 is 2.08 bits per heavy atom. The van der Waals surface area contributed by atoms with Crippen molar-refractivity contribution >= 4 is 5.91 Å². The molecule has 13 heavy (non-hydrogen) atoms. The molecule has 1 amide bonds. The molecule has 0 spiro atoms. The second kappa shape index (κ2) is 5.94. The summed E-state index contributed by atoms with van der Waals surface area (Å²) in [7, 11) is 0. The molecule has 3 atom stereocenters. The molecule has 4 N–H and O–H groups in total. The molecule has 0 aromatic heterocycles. The van der Waals surface area contributed by atoms with Crippen molar-refractivity contribution in [1.29, 1.82) is 0 Å². The van der Waals surface area contributed by atoms with Crippen LogP contribution in [-0.2, 0) is 4.79 Å². The Balaban J connectivity index is 3.98. The Morgan fingerprint density at radius 3 is 2.38 bits per heavy atom. The van der Waals surface area contributed by atoms with Gasteiger partial charge in [-0.05, 0) is 13.3 Å². The van der Waals surface area contributed by atoms with Gasteiger partial charge in [0.25, 0.3) is 0 Å². The fraction of sp³-hybridized carbons (Fsp3) is 0.889. The van der Waals surface area contributed by atoms with E-state index in [1.807, 2.05) is 6.92 Å². The lowest BCUT2D eigenvalue weighted by molar-refractivity contribution is -0.126. The topological polar surface area (TPSA) is 75.3 Å². The van der Waals surface area contributed by atoms with Gasteiger partial charge in [-0.3, -0.25) is 4.79 Å². The van der Waals surface area contributed by atoms with Gasteiger partial charge in [-0.2, -0.15) is 0 Å². The first kappa shape index (κ1) is 12.4. The van der Waals surface area contributed by atoms with Crippen LogP contribution < -0.4 is 11.1 Å². The Morgan fingerprint density at radius 1 is 1.54 bits per heavy atom. The molecule has 0 saturated carbocycles. The largest absolute Gasteiger partial charge is 0.394 e.